The summed E-state index contributed by atoms with van der Waals surface area (Å²) in [7, 11) is 0. The summed E-state index contributed by atoms with van der Waals surface area (Å²) in [5, 5.41) is 2.99. The van der Waals surface area contributed by atoms with Gasteiger partial charge in [0.05, 0.1) is 5.69 Å². The molecule has 5 nitrogen and oxygen atoms in total. The highest BCUT2D eigenvalue weighted by atomic mass is 19.1. The Morgan fingerprint density at radius 1 is 1.22 bits per heavy atom. The van der Waals surface area contributed by atoms with Crippen LogP contribution in [0.2, 0.25) is 0 Å². The smallest absolute Gasteiger partial charge is 0.328 e. The summed E-state index contributed by atoms with van der Waals surface area (Å²) < 4.78 is 18.3. The van der Waals surface area contributed by atoms with E-state index < -0.39 is 11.6 Å². The molecule has 1 heterocycles. The molecule has 0 bridgehead atoms. The van der Waals surface area contributed by atoms with Gasteiger partial charge in [-0.15, -0.1) is 0 Å². The second kappa shape index (κ2) is 6.73. The molecule has 0 saturated carbocycles. The molecule has 1 N–H and O–H groups in total. The fraction of sp³-hybridized carbons (Fsp3) is 0.353. The molecule has 1 aromatic carbocycles. The van der Waals surface area contributed by atoms with Gasteiger partial charge >= 0.3 is 5.97 Å². The maximum Gasteiger partial charge on any atom is 0.328 e. The Kier molecular flexibility index (Phi) is 4.93. The van der Waals surface area contributed by atoms with Crippen molar-refractivity contribution in [1.29, 1.82) is 0 Å². The highest BCUT2D eigenvalue weighted by Gasteiger charge is 2.21. The molecule has 0 aliphatic heterocycles. The van der Waals surface area contributed by atoms with Gasteiger partial charge in [0.15, 0.2) is 0 Å². The number of ether oxygens (including phenoxy) is 1. The van der Waals surface area contributed by atoms with Crippen LogP contribution in [0.1, 0.15) is 27.7 Å². The Bertz CT molecular complexity index is 681. The van der Waals surface area contributed by atoms with Crippen molar-refractivity contribution >= 4 is 11.8 Å². The number of halogens is 1. The molecule has 0 aliphatic carbocycles. The summed E-state index contributed by atoms with van der Waals surface area (Å²) in [6.45, 7) is 7.15. The average molecular weight is 317 g/mol. The zero-order valence-corrected chi connectivity index (χ0v) is 13.6. The molecular formula is C17H20FN3O2. The van der Waals surface area contributed by atoms with Gasteiger partial charge in [-0.2, -0.15) is 0 Å². The van der Waals surface area contributed by atoms with Crippen LogP contribution in [0.4, 0.5) is 10.2 Å². The first kappa shape index (κ1) is 16.9. The van der Waals surface area contributed by atoms with Gasteiger partial charge in [0.2, 0.25) is 0 Å². The number of rotatable bonds is 4. The van der Waals surface area contributed by atoms with E-state index in [1.165, 1.54) is 18.5 Å². The molecule has 0 spiro atoms. The Morgan fingerprint density at radius 3 is 2.48 bits per heavy atom. The molecule has 6 heteroatoms. The minimum atomic E-state index is -0.551. The van der Waals surface area contributed by atoms with Crippen molar-refractivity contribution in [3.05, 3.63) is 42.5 Å². The van der Waals surface area contributed by atoms with E-state index in [1.54, 1.807) is 25.1 Å². The van der Waals surface area contributed by atoms with Crippen molar-refractivity contribution in [2.24, 2.45) is 0 Å². The number of esters is 1. The summed E-state index contributed by atoms with van der Waals surface area (Å²) in [4.78, 5) is 20.2. The van der Waals surface area contributed by atoms with Gasteiger partial charge < -0.3 is 10.1 Å². The predicted molar refractivity (Wildman–Crippen MR) is 86.4 cm³/mol. The third-order valence-electron chi connectivity index (χ3n) is 2.93. The number of hydrogen-bond donors (Lipinski definition) is 1. The van der Waals surface area contributed by atoms with E-state index in [-0.39, 0.29) is 11.8 Å². The first-order valence-electron chi connectivity index (χ1n) is 7.32. The lowest BCUT2D eigenvalue weighted by molar-refractivity contribution is -0.155. The monoisotopic (exact) mass is 317 g/mol. The lowest BCUT2D eigenvalue weighted by Gasteiger charge is -2.22. The zero-order valence-electron chi connectivity index (χ0n) is 13.6. The van der Waals surface area contributed by atoms with Crippen LogP contribution >= 0.6 is 0 Å². The van der Waals surface area contributed by atoms with Gasteiger partial charge in [-0.05, 0) is 52.0 Å². The summed E-state index contributed by atoms with van der Waals surface area (Å²) in [6.07, 6.45) is 1.39. The molecule has 122 valence electrons. The van der Waals surface area contributed by atoms with E-state index in [9.17, 15) is 9.18 Å². The number of carbonyl (C=O) groups excluding carboxylic acids is 1. The van der Waals surface area contributed by atoms with Crippen LogP contribution in [0.15, 0.2) is 36.7 Å². The Morgan fingerprint density at radius 2 is 1.87 bits per heavy atom. The summed E-state index contributed by atoms with van der Waals surface area (Å²) in [5.74, 6) is -0.170. The molecule has 0 fully saturated rings. The molecule has 0 unspecified atom stereocenters. The van der Waals surface area contributed by atoms with Gasteiger partial charge in [-0.3, -0.25) is 0 Å². The third-order valence-corrected chi connectivity index (χ3v) is 2.93. The molecule has 0 amide bonds. The van der Waals surface area contributed by atoms with Crippen molar-refractivity contribution in [3.63, 3.8) is 0 Å². The van der Waals surface area contributed by atoms with E-state index in [4.69, 9.17) is 4.74 Å². The lowest BCUT2D eigenvalue weighted by atomic mass is 10.1. The van der Waals surface area contributed by atoms with Crippen LogP contribution in [0.5, 0.6) is 0 Å². The highest BCUT2D eigenvalue weighted by molar-refractivity contribution is 5.79. The molecule has 1 aromatic heterocycles. The minimum Gasteiger partial charge on any atom is -0.458 e. The summed E-state index contributed by atoms with van der Waals surface area (Å²) in [5.41, 5.74) is 0.860. The number of carbonyl (C=O) groups is 1. The van der Waals surface area contributed by atoms with Gasteiger partial charge in [0.25, 0.3) is 0 Å². The second-order valence-electron chi connectivity index (χ2n) is 6.19. The van der Waals surface area contributed by atoms with Crippen molar-refractivity contribution in [2.45, 2.75) is 39.3 Å². The molecule has 0 aliphatic rings. The molecular weight excluding hydrogens is 297 g/mol. The Labute approximate surface area is 134 Å². The quantitative estimate of drug-likeness (QED) is 0.875. The Hall–Kier alpha value is -2.50. The molecule has 0 radical (unpaired) electrons. The Balaban J connectivity index is 2.11. The van der Waals surface area contributed by atoms with Crippen molar-refractivity contribution in [2.75, 3.05) is 5.32 Å². The van der Waals surface area contributed by atoms with Gasteiger partial charge in [0.1, 0.15) is 29.6 Å². The molecule has 1 atom stereocenters. The first-order valence-corrected chi connectivity index (χ1v) is 7.32. The summed E-state index contributed by atoms with van der Waals surface area (Å²) >= 11 is 0. The number of nitrogens with zero attached hydrogens (tertiary/aromatic N) is 2. The second-order valence-corrected chi connectivity index (χ2v) is 6.19. The van der Waals surface area contributed by atoms with E-state index in [0.717, 1.165) is 5.56 Å². The van der Waals surface area contributed by atoms with Crippen LogP contribution in [-0.4, -0.2) is 27.6 Å². The maximum atomic E-state index is 13.0. The standard InChI is InChI=1S/C17H20FN3O2/c1-11(16(22)23-17(2,3)4)21-15-9-14(19-10-20-15)12-5-7-13(18)8-6-12/h5-11H,1-4H3,(H,19,20,21)/t11-/m1/s1. The average Bonchev–Trinajstić information content (AvgIpc) is 2.46. The number of aromatic nitrogens is 2. The number of anilines is 1. The van der Waals surface area contributed by atoms with E-state index >= 15 is 0 Å². The summed E-state index contributed by atoms with van der Waals surface area (Å²) in [6, 6.07) is 7.16. The van der Waals surface area contributed by atoms with Crippen LogP contribution in [0.3, 0.4) is 0 Å². The largest absolute Gasteiger partial charge is 0.458 e. The molecule has 2 aromatic rings. The van der Waals surface area contributed by atoms with Crippen LogP contribution in [0, 0.1) is 5.82 Å². The van der Waals surface area contributed by atoms with E-state index in [0.29, 0.717) is 11.5 Å². The van der Waals surface area contributed by atoms with Gasteiger partial charge in [0, 0.05) is 11.6 Å². The van der Waals surface area contributed by atoms with E-state index in [1.807, 2.05) is 20.8 Å². The molecule has 23 heavy (non-hydrogen) atoms. The highest BCUT2D eigenvalue weighted by Crippen LogP contribution is 2.19. The van der Waals surface area contributed by atoms with Crippen LogP contribution in [-0.2, 0) is 9.53 Å². The van der Waals surface area contributed by atoms with Crippen LogP contribution in [0.25, 0.3) is 11.3 Å². The maximum absolute atomic E-state index is 13.0. The number of hydrogen-bond acceptors (Lipinski definition) is 5. The molecule has 0 saturated heterocycles. The van der Waals surface area contributed by atoms with Gasteiger partial charge in [-0.25, -0.2) is 19.2 Å². The zero-order chi connectivity index (χ0) is 17.0. The normalized spacial score (nSPS) is 12.6. The SMILES string of the molecule is C[C@@H](Nc1cc(-c2ccc(F)cc2)ncn1)C(=O)OC(C)(C)C. The third kappa shape index (κ3) is 5.02. The predicted octanol–water partition coefficient (Wildman–Crippen LogP) is 3.42. The molecule has 2 rings (SSSR count). The van der Waals surface area contributed by atoms with Crippen molar-refractivity contribution < 1.29 is 13.9 Å². The van der Waals surface area contributed by atoms with Crippen LogP contribution < -0.4 is 5.32 Å². The topological polar surface area (TPSA) is 64.1 Å². The first-order chi connectivity index (χ1) is 10.7. The number of benzene rings is 1. The van der Waals surface area contributed by atoms with E-state index in [2.05, 4.69) is 15.3 Å². The fourth-order valence-electron chi connectivity index (χ4n) is 1.89. The fourth-order valence-corrected chi connectivity index (χ4v) is 1.89. The van der Waals surface area contributed by atoms with Gasteiger partial charge in [-0.1, -0.05) is 0 Å². The minimum absolute atomic E-state index is 0.306. The lowest BCUT2D eigenvalue weighted by Crippen LogP contribution is -2.34. The van der Waals surface area contributed by atoms with Crippen molar-refractivity contribution in [1.82, 2.24) is 9.97 Å². The van der Waals surface area contributed by atoms with Crippen molar-refractivity contribution in [3.8, 4) is 11.3 Å². The number of nitrogens with one attached hydrogen (secondary N) is 1.